The lowest BCUT2D eigenvalue weighted by Crippen LogP contribution is -2.24. The van der Waals surface area contributed by atoms with Crippen LogP contribution in [0.3, 0.4) is 0 Å². The molecule has 23 heavy (non-hydrogen) atoms. The topological polar surface area (TPSA) is 75.8 Å². The molecule has 1 aromatic carbocycles. The number of furan rings is 1. The van der Waals surface area contributed by atoms with Gasteiger partial charge in [-0.1, -0.05) is 12.1 Å². The molecule has 0 spiro atoms. The fourth-order valence-corrected chi connectivity index (χ4v) is 3.02. The lowest BCUT2D eigenvalue weighted by molar-refractivity contribution is 0.0945. The van der Waals surface area contributed by atoms with Crippen molar-refractivity contribution in [1.29, 1.82) is 0 Å². The van der Waals surface area contributed by atoms with Crippen LogP contribution in [0.5, 0.6) is 0 Å². The van der Waals surface area contributed by atoms with Gasteiger partial charge in [0.2, 0.25) is 0 Å². The molecule has 4 rings (SSSR count). The van der Waals surface area contributed by atoms with Gasteiger partial charge in [-0.2, -0.15) is 0 Å². The molecule has 1 amide bonds. The van der Waals surface area contributed by atoms with Gasteiger partial charge in [0.05, 0.1) is 23.1 Å². The second-order valence-electron chi connectivity index (χ2n) is 5.27. The van der Waals surface area contributed by atoms with Crippen LogP contribution in [0, 0.1) is 0 Å². The Morgan fingerprint density at radius 3 is 3.00 bits per heavy atom. The van der Waals surface area contributed by atoms with Crippen molar-refractivity contribution in [2.45, 2.75) is 6.54 Å². The molecule has 3 aromatic heterocycles. The first-order valence-corrected chi connectivity index (χ1v) is 7.88. The van der Waals surface area contributed by atoms with E-state index in [0.29, 0.717) is 22.5 Å². The lowest BCUT2D eigenvalue weighted by atomic mass is 10.3. The molecule has 0 unspecified atom stereocenters. The Balaban J connectivity index is 1.54. The Morgan fingerprint density at radius 1 is 1.39 bits per heavy atom. The highest BCUT2D eigenvalue weighted by atomic mass is 79.9. The van der Waals surface area contributed by atoms with Crippen LogP contribution in [0.2, 0.25) is 0 Å². The van der Waals surface area contributed by atoms with Crippen molar-refractivity contribution in [3.05, 3.63) is 52.6 Å². The predicted octanol–water partition coefficient (Wildman–Crippen LogP) is 3.34. The number of amides is 1. The van der Waals surface area contributed by atoms with Crippen molar-refractivity contribution in [3.63, 3.8) is 0 Å². The van der Waals surface area contributed by atoms with Crippen LogP contribution in [-0.2, 0) is 13.6 Å². The molecule has 0 saturated heterocycles. The van der Waals surface area contributed by atoms with Gasteiger partial charge in [-0.05, 0) is 28.1 Å². The van der Waals surface area contributed by atoms with E-state index in [1.54, 1.807) is 12.1 Å². The summed E-state index contributed by atoms with van der Waals surface area (Å²) >= 11 is 3.25. The second kappa shape index (κ2) is 5.27. The van der Waals surface area contributed by atoms with Gasteiger partial charge in [0.15, 0.2) is 10.3 Å². The maximum Gasteiger partial charge on any atom is 0.268 e. The largest absolute Gasteiger partial charge is 0.448 e. The Labute approximate surface area is 139 Å². The van der Waals surface area contributed by atoms with Gasteiger partial charge in [-0.25, -0.2) is 4.98 Å². The summed E-state index contributed by atoms with van der Waals surface area (Å²) in [6.07, 6.45) is 0. The van der Waals surface area contributed by atoms with E-state index in [1.165, 1.54) is 0 Å². The number of aromatic amines is 1. The quantitative estimate of drug-likeness (QED) is 0.578. The smallest absolute Gasteiger partial charge is 0.268 e. The first-order chi connectivity index (χ1) is 11.1. The summed E-state index contributed by atoms with van der Waals surface area (Å²) in [5.41, 5.74) is 3.85. The molecule has 0 aliphatic carbocycles. The molecule has 4 aromatic rings. The highest BCUT2D eigenvalue weighted by Crippen LogP contribution is 2.23. The summed E-state index contributed by atoms with van der Waals surface area (Å²) in [6.45, 7) is 0.355. The SMILES string of the molecule is Cn1c(CNC(=O)c2cc3oc(Br)cc3[nH]2)nc2ccccc21. The minimum absolute atomic E-state index is 0.195. The lowest BCUT2D eigenvalue weighted by Gasteiger charge is -2.04. The summed E-state index contributed by atoms with van der Waals surface area (Å²) in [5.74, 6) is 0.608. The highest BCUT2D eigenvalue weighted by molar-refractivity contribution is 9.10. The van der Waals surface area contributed by atoms with Crippen LogP contribution in [0.25, 0.3) is 22.1 Å². The minimum atomic E-state index is -0.195. The molecule has 2 N–H and O–H groups in total. The first-order valence-electron chi connectivity index (χ1n) is 7.08. The zero-order valence-corrected chi connectivity index (χ0v) is 13.8. The number of rotatable bonds is 3. The Morgan fingerprint density at radius 2 is 2.22 bits per heavy atom. The Bertz CT molecular complexity index is 996. The minimum Gasteiger partial charge on any atom is -0.448 e. The molecule has 0 aliphatic heterocycles. The number of aryl methyl sites for hydroxylation is 1. The van der Waals surface area contributed by atoms with Crippen molar-refractivity contribution >= 4 is 44.0 Å². The summed E-state index contributed by atoms with van der Waals surface area (Å²) in [7, 11) is 1.94. The zero-order chi connectivity index (χ0) is 16.0. The van der Waals surface area contributed by atoms with Gasteiger partial charge in [-0.3, -0.25) is 4.79 Å². The number of carbonyl (C=O) groups excluding carboxylic acids is 1. The summed E-state index contributed by atoms with van der Waals surface area (Å²) in [5, 5.41) is 2.88. The van der Waals surface area contributed by atoms with Crippen molar-refractivity contribution in [2.24, 2.45) is 7.05 Å². The van der Waals surface area contributed by atoms with E-state index in [9.17, 15) is 4.79 Å². The van der Waals surface area contributed by atoms with E-state index < -0.39 is 0 Å². The fourth-order valence-electron chi connectivity index (χ4n) is 2.62. The van der Waals surface area contributed by atoms with E-state index >= 15 is 0 Å². The highest BCUT2D eigenvalue weighted by Gasteiger charge is 2.14. The van der Waals surface area contributed by atoms with Gasteiger partial charge < -0.3 is 19.3 Å². The standard InChI is InChI=1S/C16H13BrN4O2/c1-21-12-5-3-2-4-9(12)20-15(21)8-18-16(22)11-6-13-10(19-11)7-14(17)23-13/h2-7,19H,8H2,1H3,(H,18,22). The van der Waals surface area contributed by atoms with Gasteiger partial charge in [0, 0.05) is 19.2 Å². The number of H-pyrrole nitrogens is 1. The van der Waals surface area contributed by atoms with Crippen LogP contribution >= 0.6 is 15.9 Å². The van der Waals surface area contributed by atoms with Crippen molar-refractivity contribution in [1.82, 2.24) is 19.9 Å². The van der Waals surface area contributed by atoms with Gasteiger partial charge in [-0.15, -0.1) is 0 Å². The number of para-hydroxylation sites is 2. The molecule has 0 bridgehead atoms. The second-order valence-corrected chi connectivity index (χ2v) is 6.05. The van der Waals surface area contributed by atoms with Crippen LogP contribution < -0.4 is 5.32 Å². The molecule has 3 heterocycles. The molecule has 0 radical (unpaired) electrons. The van der Waals surface area contributed by atoms with E-state index in [4.69, 9.17) is 4.42 Å². The van der Waals surface area contributed by atoms with Crippen LogP contribution in [0.4, 0.5) is 0 Å². The van der Waals surface area contributed by atoms with E-state index in [2.05, 4.69) is 31.2 Å². The molecule has 7 heteroatoms. The molecule has 0 aliphatic rings. The van der Waals surface area contributed by atoms with Crippen LogP contribution in [0.1, 0.15) is 16.3 Å². The van der Waals surface area contributed by atoms with Crippen LogP contribution in [-0.4, -0.2) is 20.4 Å². The maximum atomic E-state index is 12.3. The number of aromatic nitrogens is 3. The molecule has 0 saturated carbocycles. The Hall–Kier alpha value is -2.54. The summed E-state index contributed by atoms with van der Waals surface area (Å²) < 4.78 is 8.02. The number of nitrogens with zero attached hydrogens (tertiary/aromatic N) is 2. The molecular weight excluding hydrogens is 360 g/mol. The third kappa shape index (κ3) is 2.43. The number of carbonyl (C=O) groups is 1. The number of halogens is 1. The number of hydrogen-bond donors (Lipinski definition) is 2. The molecule has 0 atom stereocenters. The third-order valence-corrected chi connectivity index (χ3v) is 4.20. The molecule has 116 valence electrons. The molecule has 0 fully saturated rings. The Kier molecular flexibility index (Phi) is 3.23. The molecular formula is C16H13BrN4O2. The van der Waals surface area contributed by atoms with E-state index in [1.807, 2.05) is 35.9 Å². The third-order valence-electron chi connectivity index (χ3n) is 3.81. The van der Waals surface area contributed by atoms with Gasteiger partial charge >= 0.3 is 0 Å². The average Bonchev–Trinajstić information content (AvgIpc) is 3.17. The maximum absolute atomic E-state index is 12.3. The fraction of sp³-hybridized carbons (Fsp3) is 0.125. The number of fused-ring (bicyclic) bond motifs is 2. The normalized spacial score (nSPS) is 11.4. The first kappa shape index (κ1) is 14.1. The monoisotopic (exact) mass is 372 g/mol. The van der Waals surface area contributed by atoms with E-state index in [-0.39, 0.29) is 5.91 Å². The van der Waals surface area contributed by atoms with Crippen molar-refractivity contribution in [3.8, 4) is 0 Å². The number of nitrogens with one attached hydrogen (secondary N) is 2. The average molecular weight is 373 g/mol. The summed E-state index contributed by atoms with van der Waals surface area (Å²) in [4.78, 5) is 19.8. The van der Waals surface area contributed by atoms with Gasteiger partial charge in [0.1, 0.15) is 11.5 Å². The molecule has 6 nitrogen and oxygen atoms in total. The van der Waals surface area contributed by atoms with Crippen molar-refractivity contribution < 1.29 is 9.21 Å². The van der Waals surface area contributed by atoms with E-state index in [0.717, 1.165) is 22.4 Å². The van der Waals surface area contributed by atoms with Crippen LogP contribution in [0.15, 0.2) is 45.5 Å². The van der Waals surface area contributed by atoms with Crippen molar-refractivity contribution in [2.75, 3.05) is 0 Å². The van der Waals surface area contributed by atoms with Gasteiger partial charge in [0.25, 0.3) is 5.91 Å². The predicted molar refractivity (Wildman–Crippen MR) is 90.1 cm³/mol. The number of benzene rings is 1. The number of hydrogen-bond acceptors (Lipinski definition) is 3. The number of imidazole rings is 1. The summed E-state index contributed by atoms with van der Waals surface area (Å²) in [6, 6.07) is 11.4. The zero-order valence-electron chi connectivity index (χ0n) is 12.3.